The lowest BCUT2D eigenvalue weighted by molar-refractivity contribution is -0.118. The molecule has 5 nitrogen and oxygen atoms in total. The van der Waals surface area contributed by atoms with Crippen molar-refractivity contribution in [3.63, 3.8) is 0 Å². The van der Waals surface area contributed by atoms with Gasteiger partial charge in [0.05, 0.1) is 0 Å². The van der Waals surface area contributed by atoms with Crippen molar-refractivity contribution in [2.75, 3.05) is 5.32 Å². The summed E-state index contributed by atoms with van der Waals surface area (Å²) in [5.74, 6) is 2.46. The largest absolute Gasteiger partial charge is 0.444 e. The van der Waals surface area contributed by atoms with Gasteiger partial charge in [-0.2, -0.15) is 0 Å². The summed E-state index contributed by atoms with van der Waals surface area (Å²) in [6.45, 7) is 5.43. The number of amides is 2. The third-order valence-corrected chi connectivity index (χ3v) is 8.09. The van der Waals surface area contributed by atoms with Gasteiger partial charge in [-0.1, -0.05) is 42.5 Å². The number of ether oxygens (including phenoxy) is 1. The van der Waals surface area contributed by atoms with Gasteiger partial charge in [-0.25, -0.2) is 4.79 Å². The Hall–Kier alpha value is -2.82. The van der Waals surface area contributed by atoms with Crippen LogP contribution in [0.1, 0.15) is 70.4 Å². The van der Waals surface area contributed by atoms with Crippen LogP contribution in [0, 0.1) is 17.8 Å². The zero-order chi connectivity index (χ0) is 24.6. The summed E-state index contributed by atoms with van der Waals surface area (Å²) in [5, 5.41) is 5.79. The summed E-state index contributed by atoms with van der Waals surface area (Å²) in [6.07, 6.45) is 8.06. The highest BCUT2D eigenvalue weighted by molar-refractivity contribution is 5.96. The molecule has 1 atom stereocenters. The fourth-order valence-electron chi connectivity index (χ4n) is 7.11. The van der Waals surface area contributed by atoms with Crippen LogP contribution >= 0.6 is 0 Å². The summed E-state index contributed by atoms with van der Waals surface area (Å²) in [4.78, 5) is 25.7. The second kappa shape index (κ2) is 9.33. The van der Waals surface area contributed by atoms with Crippen molar-refractivity contribution in [1.29, 1.82) is 0 Å². The summed E-state index contributed by atoms with van der Waals surface area (Å²) >= 11 is 0. The lowest BCUT2D eigenvalue weighted by Crippen LogP contribution is -2.48. The zero-order valence-electron chi connectivity index (χ0n) is 21.2. The van der Waals surface area contributed by atoms with Crippen molar-refractivity contribution in [2.45, 2.75) is 82.8 Å². The van der Waals surface area contributed by atoms with Crippen LogP contribution in [-0.4, -0.2) is 23.6 Å². The average molecular weight is 475 g/mol. The van der Waals surface area contributed by atoms with Crippen LogP contribution in [-0.2, 0) is 21.4 Å². The maximum atomic E-state index is 13.2. The molecule has 35 heavy (non-hydrogen) atoms. The second-order valence-electron chi connectivity index (χ2n) is 12.2. The molecule has 2 aromatic rings. The van der Waals surface area contributed by atoms with E-state index in [4.69, 9.17) is 4.74 Å². The Bertz CT molecular complexity index is 1020. The summed E-state index contributed by atoms with van der Waals surface area (Å²) in [5.41, 5.74) is 2.87. The van der Waals surface area contributed by atoms with Crippen LogP contribution in [0.25, 0.3) is 0 Å². The number of hydrogen-bond donors (Lipinski definition) is 2. The Morgan fingerprint density at radius 1 is 0.914 bits per heavy atom. The number of alkyl carbamates (subject to hydrolysis) is 1. The SMILES string of the molecule is CC(C)(C)OC(=O)N[C@@H](Cc1ccccc1)C(=O)Nc1ccc(C23CC4CC(CC(C4)C2)C3)cc1. The Morgan fingerprint density at radius 2 is 1.49 bits per heavy atom. The molecule has 0 aliphatic heterocycles. The monoisotopic (exact) mass is 474 g/mol. The van der Waals surface area contributed by atoms with Gasteiger partial charge < -0.3 is 15.4 Å². The Morgan fingerprint density at radius 3 is 2.03 bits per heavy atom. The first-order valence-corrected chi connectivity index (χ1v) is 13.1. The maximum Gasteiger partial charge on any atom is 0.408 e. The highest BCUT2D eigenvalue weighted by Gasteiger charge is 2.51. The van der Waals surface area contributed by atoms with Crippen molar-refractivity contribution in [3.05, 3.63) is 65.7 Å². The Kier molecular flexibility index (Phi) is 6.37. The molecule has 0 saturated heterocycles. The molecule has 5 heteroatoms. The van der Waals surface area contributed by atoms with Gasteiger partial charge >= 0.3 is 6.09 Å². The molecule has 0 heterocycles. The number of hydrogen-bond acceptors (Lipinski definition) is 3. The molecule has 6 rings (SSSR count). The third kappa shape index (κ3) is 5.55. The number of carbonyl (C=O) groups excluding carboxylic acids is 2. The number of carbonyl (C=O) groups is 2. The molecule has 4 aliphatic rings. The van der Waals surface area contributed by atoms with E-state index in [0.717, 1.165) is 29.0 Å². The number of anilines is 1. The number of nitrogens with one attached hydrogen (secondary N) is 2. The Balaban J connectivity index is 1.28. The summed E-state index contributed by atoms with van der Waals surface area (Å²) in [7, 11) is 0. The molecular formula is C30H38N2O3. The smallest absolute Gasteiger partial charge is 0.408 e. The number of rotatable bonds is 6. The molecule has 4 bridgehead atoms. The minimum Gasteiger partial charge on any atom is -0.444 e. The molecule has 4 aliphatic carbocycles. The molecule has 4 saturated carbocycles. The van der Waals surface area contributed by atoms with E-state index in [1.165, 1.54) is 44.1 Å². The quantitative estimate of drug-likeness (QED) is 0.522. The fraction of sp³-hybridized carbons (Fsp3) is 0.533. The molecule has 0 radical (unpaired) electrons. The molecule has 0 spiro atoms. The van der Waals surface area contributed by atoms with Gasteiger partial charge in [0.2, 0.25) is 5.91 Å². The minimum absolute atomic E-state index is 0.248. The molecule has 2 aromatic carbocycles. The van der Waals surface area contributed by atoms with E-state index in [1.807, 2.05) is 63.2 Å². The normalized spacial score (nSPS) is 27.8. The van der Waals surface area contributed by atoms with Crippen molar-refractivity contribution in [1.82, 2.24) is 5.32 Å². The molecule has 2 N–H and O–H groups in total. The van der Waals surface area contributed by atoms with E-state index in [0.29, 0.717) is 11.8 Å². The molecule has 4 fully saturated rings. The van der Waals surface area contributed by atoms with Crippen LogP contribution in [0.5, 0.6) is 0 Å². The van der Waals surface area contributed by atoms with Gasteiger partial charge in [0.1, 0.15) is 11.6 Å². The van der Waals surface area contributed by atoms with Crippen molar-refractivity contribution >= 4 is 17.7 Å². The van der Waals surface area contributed by atoms with E-state index in [-0.39, 0.29) is 5.91 Å². The van der Waals surface area contributed by atoms with Gasteiger partial charge in [0, 0.05) is 12.1 Å². The van der Waals surface area contributed by atoms with Gasteiger partial charge in [-0.3, -0.25) is 4.79 Å². The predicted octanol–water partition coefficient (Wildman–Crippen LogP) is 6.23. The van der Waals surface area contributed by atoms with E-state index in [9.17, 15) is 9.59 Å². The molecule has 0 aromatic heterocycles. The third-order valence-electron chi connectivity index (χ3n) is 8.09. The first-order valence-electron chi connectivity index (χ1n) is 13.1. The lowest BCUT2D eigenvalue weighted by Gasteiger charge is -2.57. The van der Waals surface area contributed by atoms with Gasteiger partial charge in [-0.15, -0.1) is 0 Å². The fourth-order valence-corrected chi connectivity index (χ4v) is 7.11. The second-order valence-corrected chi connectivity index (χ2v) is 12.2. The molecular weight excluding hydrogens is 436 g/mol. The molecule has 186 valence electrons. The highest BCUT2D eigenvalue weighted by atomic mass is 16.6. The first-order chi connectivity index (χ1) is 16.7. The van der Waals surface area contributed by atoms with E-state index < -0.39 is 17.7 Å². The predicted molar refractivity (Wildman–Crippen MR) is 138 cm³/mol. The zero-order valence-corrected chi connectivity index (χ0v) is 21.2. The van der Waals surface area contributed by atoms with Crippen LogP contribution in [0.15, 0.2) is 54.6 Å². The summed E-state index contributed by atoms with van der Waals surface area (Å²) in [6, 6.07) is 17.5. The summed E-state index contributed by atoms with van der Waals surface area (Å²) < 4.78 is 5.41. The van der Waals surface area contributed by atoms with E-state index in [1.54, 1.807) is 0 Å². The molecule has 0 unspecified atom stereocenters. The van der Waals surface area contributed by atoms with Crippen molar-refractivity contribution in [2.24, 2.45) is 17.8 Å². The van der Waals surface area contributed by atoms with Gasteiger partial charge in [-0.05, 0) is 106 Å². The van der Waals surface area contributed by atoms with Crippen LogP contribution in [0.4, 0.5) is 10.5 Å². The van der Waals surface area contributed by atoms with Crippen molar-refractivity contribution < 1.29 is 14.3 Å². The van der Waals surface area contributed by atoms with Crippen LogP contribution in [0.3, 0.4) is 0 Å². The van der Waals surface area contributed by atoms with Crippen LogP contribution < -0.4 is 10.6 Å². The standard InChI is InChI=1S/C30H38N2O3/c1-29(2,3)35-28(34)32-26(16-20-7-5-4-6-8-20)27(33)31-25-11-9-24(10-12-25)30-17-21-13-22(18-30)15-23(14-21)19-30/h4-12,21-23,26H,13-19H2,1-3H3,(H,31,33)(H,32,34)/t21?,22?,23?,26-,30?/m0/s1. The Labute approximate surface area is 209 Å². The average Bonchev–Trinajstić information content (AvgIpc) is 2.77. The van der Waals surface area contributed by atoms with Crippen molar-refractivity contribution in [3.8, 4) is 0 Å². The first kappa shape index (κ1) is 23.9. The van der Waals surface area contributed by atoms with Crippen LogP contribution in [0.2, 0.25) is 0 Å². The number of benzene rings is 2. The van der Waals surface area contributed by atoms with E-state index in [2.05, 4.69) is 22.8 Å². The van der Waals surface area contributed by atoms with E-state index >= 15 is 0 Å². The highest BCUT2D eigenvalue weighted by Crippen LogP contribution is 2.60. The maximum absolute atomic E-state index is 13.2. The molecule has 2 amide bonds. The topological polar surface area (TPSA) is 67.4 Å². The lowest BCUT2D eigenvalue weighted by atomic mass is 9.48. The minimum atomic E-state index is -0.741. The van der Waals surface area contributed by atoms with Gasteiger partial charge in [0.15, 0.2) is 0 Å². The van der Waals surface area contributed by atoms with Gasteiger partial charge in [0.25, 0.3) is 0 Å².